The van der Waals surface area contributed by atoms with Crippen LogP contribution in [0.15, 0.2) is 28.4 Å². The minimum Gasteiger partial charge on any atom is -0.495 e. The molecule has 1 N–H and O–H groups in total. The molecule has 1 heterocycles. The van der Waals surface area contributed by atoms with Gasteiger partial charge in [-0.2, -0.15) is 0 Å². The van der Waals surface area contributed by atoms with Crippen molar-refractivity contribution in [2.24, 2.45) is 0 Å². The predicted molar refractivity (Wildman–Crippen MR) is 84.0 cm³/mol. The number of aliphatic hydroxyl groups is 1. The Morgan fingerprint density at radius 1 is 1.43 bits per heavy atom. The number of hydrogen-bond acceptors (Lipinski definition) is 4. The first-order valence-electron chi connectivity index (χ1n) is 6.57. The van der Waals surface area contributed by atoms with Crippen LogP contribution in [0.5, 0.6) is 5.75 Å². The molecule has 0 saturated carbocycles. The zero-order valence-corrected chi connectivity index (χ0v) is 12.9. The Hall–Kier alpha value is -2.03. The zero-order valence-electron chi connectivity index (χ0n) is 12.0. The molecule has 0 radical (unpaired) electrons. The summed E-state index contributed by atoms with van der Waals surface area (Å²) in [6.07, 6.45) is 0.427. The number of aryl methyl sites for hydroxylation is 1. The summed E-state index contributed by atoms with van der Waals surface area (Å²) in [6.45, 7) is 2.48. The van der Waals surface area contributed by atoms with Gasteiger partial charge >= 0.3 is 4.87 Å². The van der Waals surface area contributed by atoms with Crippen LogP contribution in [0.4, 0.5) is 0 Å². The van der Waals surface area contributed by atoms with Crippen molar-refractivity contribution < 1.29 is 9.84 Å². The Morgan fingerprint density at radius 2 is 2.24 bits per heavy atom. The van der Waals surface area contributed by atoms with Crippen LogP contribution in [-0.4, -0.2) is 23.4 Å². The smallest absolute Gasteiger partial charge is 0.307 e. The maximum Gasteiger partial charge on any atom is 0.307 e. The van der Waals surface area contributed by atoms with Crippen LogP contribution in [0.3, 0.4) is 0 Å². The Balaban J connectivity index is 2.32. The molecule has 0 fully saturated rings. The highest BCUT2D eigenvalue weighted by Gasteiger charge is 2.06. The van der Waals surface area contributed by atoms with Gasteiger partial charge in [0.15, 0.2) is 0 Å². The maximum atomic E-state index is 11.8. The van der Waals surface area contributed by atoms with Crippen LogP contribution in [0.2, 0.25) is 0 Å². The zero-order chi connectivity index (χ0) is 15.2. The van der Waals surface area contributed by atoms with E-state index in [0.717, 1.165) is 16.8 Å². The summed E-state index contributed by atoms with van der Waals surface area (Å²) in [5, 5.41) is 10.6. The molecule has 0 spiro atoms. The van der Waals surface area contributed by atoms with Gasteiger partial charge in [-0.25, -0.2) is 0 Å². The molecule has 0 unspecified atom stereocenters. The largest absolute Gasteiger partial charge is 0.495 e. The van der Waals surface area contributed by atoms with Gasteiger partial charge in [-0.1, -0.05) is 29.2 Å². The van der Waals surface area contributed by atoms with Gasteiger partial charge in [0.2, 0.25) is 0 Å². The molecule has 4 nitrogen and oxygen atoms in total. The molecule has 0 bridgehead atoms. The van der Waals surface area contributed by atoms with Crippen molar-refractivity contribution in [3.8, 4) is 17.6 Å². The third-order valence-electron chi connectivity index (χ3n) is 3.04. The molecule has 0 atom stereocenters. The molecule has 2 rings (SSSR count). The number of aromatic nitrogens is 1. The van der Waals surface area contributed by atoms with Crippen molar-refractivity contribution in [2.45, 2.75) is 19.9 Å². The van der Waals surface area contributed by atoms with Gasteiger partial charge in [-0.05, 0) is 24.6 Å². The van der Waals surface area contributed by atoms with E-state index in [1.54, 1.807) is 11.7 Å². The van der Waals surface area contributed by atoms with Crippen LogP contribution in [0.25, 0.3) is 0 Å². The lowest BCUT2D eigenvalue weighted by Gasteiger charge is -2.08. The highest BCUT2D eigenvalue weighted by atomic mass is 32.1. The van der Waals surface area contributed by atoms with E-state index in [1.807, 2.05) is 30.5 Å². The van der Waals surface area contributed by atoms with Crippen LogP contribution in [-0.2, 0) is 6.54 Å². The standard InChI is InChI=1S/C16H17NO3S/c1-12-11-21-16(19)17(12)10-13-6-7-15(20-2)14(9-13)5-3-4-8-18/h6-7,9,11,18H,4,8,10H2,1-2H3. The fourth-order valence-corrected chi connectivity index (χ4v) is 2.68. The number of benzene rings is 1. The lowest BCUT2D eigenvalue weighted by Crippen LogP contribution is -2.15. The summed E-state index contributed by atoms with van der Waals surface area (Å²) < 4.78 is 7.02. The number of aliphatic hydroxyl groups excluding tert-OH is 1. The van der Waals surface area contributed by atoms with Gasteiger partial charge in [0.05, 0.1) is 25.8 Å². The molecule has 0 amide bonds. The average Bonchev–Trinajstić information content (AvgIpc) is 2.80. The van der Waals surface area contributed by atoms with Gasteiger partial charge in [-0.3, -0.25) is 9.36 Å². The van der Waals surface area contributed by atoms with Crippen LogP contribution in [0, 0.1) is 18.8 Å². The van der Waals surface area contributed by atoms with E-state index >= 15 is 0 Å². The first-order chi connectivity index (χ1) is 10.2. The van der Waals surface area contributed by atoms with E-state index in [4.69, 9.17) is 9.84 Å². The second-order valence-electron chi connectivity index (χ2n) is 4.54. The Kier molecular flexibility index (Phi) is 5.20. The second-order valence-corrected chi connectivity index (χ2v) is 5.36. The number of ether oxygens (including phenoxy) is 1. The van der Waals surface area contributed by atoms with Crippen LogP contribution in [0.1, 0.15) is 23.2 Å². The second kappa shape index (κ2) is 7.11. The maximum absolute atomic E-state index is 11.8. The minimum absolute atomic E-state index is 0.0382. The Bertz CT molecular complexity index is 734. The topological polar surface area (TPSA) is 51.5 Å². The molecule has 0 aliphatic heterocycles. The van der Waals surface area contributed by atoms with E-state index in [0.29, 0.717) is 18.7 Å². The fourth-order valence-electron chi connectivity index (χ4n) is 1.94. The lowest BCUT2D eigenvalue weighted by atomic mass is 10.1. The van der Waals surface area contributed by atoms with Gasteiger partial charge in [0.1, 0.15) is 5.75 Å². The first-order valence-corrected chi connectivity index (χ1v) is 7.45. The van der Waals surface area contributed by atoms with Crippen molar-refractivity contribution in [3.63, 3.8) is 0 Å². The number of methoxy groups -OCH3 is 1. The SMILES string of the molecule is COc1ccc(Cn2c(C)csc2=O)cc1C#CCCO. The molecule has 0 saturated heterocycles. The number of thiazole rings is 1. The minimum atomic E-state index is 0.0382. The molecule has 0 aliphatic rings. The average molecular weight is 303 g/mol. The van der Waals surface area contributed by atoms with E-state index in [-0.39, 0.29) is 11.5 Å². The molecule has 21 heavy (non-hydrogen) atoms. The van der Waals surface area contributed by atoms with Crippen molar-refractivity contribution in [2.75, 3.05) is 13.7 Å². The molecular formula is C16H17NO3S. The van der Waals surface area contributed by atoms with Crippen LogP contribution < -0.4 is 9.61 Å². The van der Waals surface area contributed by atoms with Gasteiger partial charge < -0.3 is 9.84 Å². The normalized spacial score (nSPS) is 10.0. The number of rotatable bonds is 4. The third kappa shape index (κ3) is 3.75. The van der Waals surface area contributed by atoms with E-state index in [9.17, 15) is 4.79 Å². The van der Waals surface area contributed by atoms with E-state index in [1.165, 1.54) is 11.3 Å². The van der Waals surface area contributed by atoms with Gasteiger partial charge in [-0.15, -0.1) is 0 Å². The summed E-state index contributed by atoms with van der Waals surface area (Å²) in [6, 6.07) is 5.71. The molecule has 2 aromatic rings. The molecule has 0 aliphatic carbocycles. The molecule has 110 valence electrons. The molecule has 5 heteroatoms. The third-order valence-corrected chi connectivity index (χ3v) is 3.92. The quantitative estimate of drug-likeness (QED) is 0.879. The summed E-state index contributed by atoms with van der Waals surface area (Å²) in [5.41, 5.74) is 2.71. The summed E-state index contributed by atoms with van der Waals surface area (Å²) in [5.74, 6) is 6.58. The van der Waals surface area contributed by atoms with Crippen LogP contribution >= 0.6 is 11.3 Å². The highest BCUT2D eigenvalue weighted by molar-refractivity contribution is 7.07. The lowest BCUT2D eigenvalue weighted by molar-refractivity contribution is 0.305. The van der Waals surface area contributed by atoms with E-state index < -0.39 is 0 Å². The van der Waals surface area contributed by atoms with Gasteiger partial charge in [0.25, 0.3) is 0 Å². The highest BCUT2D eigenvalue weighted by Crippen LogP contribution is 2.19. The number of nitrogens with zero attached hydrogens (tertiary/aromatic N) is 1. The van der Waals surface area contributed by atoms with Crippen molar-refractivity contribution >= 4 is 11.3 Å². The molecule has 1 aromatic carbocycles. The Morgan fingerprint density at radius 3 is 2.86 bits per heavy atom. The first kappa shape index (κ1) is 15.4. The Labute approximate surface area is 127 Å². The predicted octanol–water partition coefficient (Wildman–Crippen LogP) is 2.01. The molecular weight excluding hydrogens is 286 g/mol. The summed E-state index contributed by atoms with van der Waals surface area (Å²) in [4.78, 5) is 11.8. The number of hydrogen-bond donors (Lipinski definition) is 1. The fraction of sp³-hybridized carbons (Fsp3) is 0.312. The summed E-state index contributed by atoms with van der Waals surface area (Å²) >= 11 is 1.21. The van der Waals surface area contributed by atoms with Crippen molar-refractivity contribution in [1.29, 1.82) is 0 Å². The monoisotopic (exact) mass is 303 g/mol. The van der Waals surface area contributed by atoms with Gasteiger partial charge in [0, 0.05) is 17.5 Å². The summed E-state index contributed by atoms with van der Waals surface area (Å²) in [7, 11) is 1.60. The molecule has 1 aromatic heterocycles. The van der Waals surface area contributed by atoms with Crippen molar-refractivity contribution in [1.82, 2.24) is 4.57 Å². The van der Waals surface area contributed by atoms with Crippen molar-refractivity contribution in [3.05, 3.63) is 50.1 Å². The van der Waals surface area contributed by atoms with E-state index in [2.05, 4.69) is 11.8 Å².